The van der Waals surface area contributed by atoms with Crippen molar-refractivity contribution in [2.45, 2.75) is 90.4 Å². The van der Waals surface area contributed by atoms with Crippen molar-refractivity contribution in [2.24, 2.45) is 11.8 Å². The fraction of sp³-hybridized carbons (Fsp3) is 0.607. The maximum Gasteiger partial charge on any atom is 0.243 e. The first-order chi connectivity index (χ1) is 16.3. The van der Waals surface area contributed by atoms with Gasteiger partial charge in [0.25, 0.3) is 0 Å². The number of ketones is 1. The third kappa shape index (κ3) is 6.60. The Balaban J connectivity index is 1.40. The monoisotopic (exact) mass is 486 g/mol. The summed E-state index contributed by atoms with van der Waals surface area (Å²) in [4.78, 5) is 16.7. The Morgan fingerprint density at radius 2 is 1.79 bits per heavy atom. The summed E-state index contributed by atoms with van der Waals surface area (Å²) in [6.45, 7) is 9.51. The second-order valence-electron chi connectivity index (χ2n) is 10.0. The molecule has 1 saturated heterocycles. The second-order valence-corrected chi connectivity index (χ2v) is 11.9. The molecule has 34 heavy (non-hydrogen) atoms. The first-order valence-corrected chi connectivity index (χ1v) is 14.5. The molecule has 3 rings (SSSR count). The molecule has 1 unspecified atom stereocenters. The Bertz CT molecular complexity index is 1030. The summed E-state index contributed by atoms with van der Waals surface area (Å²) < 4.78 is 27.4. The average Bonchev–Trinajstić information content (AvgIpc) is 3.25. The molecular formula is C28H42N2O3S. The normalized spacial score (nSPS) is 16.6. The largest absolute Gasteiger partial charge is 0.356 e. The van der Waals surface area contributed by atoms with Crippen LogP contribution < -0.4 is 0 Å². The molecule has 1 fully saturated rings. The van der Waals surface area contributed by atoms with Crippen molar-refractivity contribution >= 4 is 15.8 Å². The smallest absolute Gasteiger partial charge is 0.243 e. The van der Waals surface area contributed by atoms with Gasteiger partial charge in [0.05, 0.1) is 10.6 Å². The number of H-pyrrole nitrogens is 1. The Hall–Kier alpha value is -1.92. The van der Waals surface area contributed by atoms with Gasteiger partial charge in [0, 0.05) is 24.7 Å². The van der Waals surface area contributed by atoms with Crippen LogP contribution in [0.5, 0.6) is 0 Å². The average molecular weight is 487 g/mol. The van der Waals surface area contributed by atoms with Gasteiger partial charge in [-0.05, 0) is 68.7 Å². The number of carbonyl (C=O) groups excluding carboxylic acids is 1. The molecule has 0 aliphatic carbocycles. The zero-order valence-corrected chi connectivity index (χ0v) is 22.2. The number of Topliss-reactive ketones (excluding diaryl/α,β-unsaturated/α-hetero) is 1. The summed E-state index contributed by atoms with van der Waals surface area (Å²) in [5, 5.41) is 0. The summed E-state index contributed by atoms with van der Waals surface area (Å²) in [7, 11) is -3.39. The molecule has 0 spiro atoms. The Morgan fingerprint density at radius 1 is 1.12 bits per heavy atom. The highest BCUT2D eigenvalue weighted by molar-refractivity contribution is 7.89. The van der Waals surface area contributed by atoms with E-state index in [9.17, 15) is 13.2 Å². The highest BCUT2D eigenvalue weighted by Crippen LogP contribution is 2.28. The van der Waals surface area contributed by atoms with Crippen LogP contribution in [0.4, 0.5) is 0 Å². The van der Waals surface area contributed by atoms with E-state index in [1.165, 1.54) is 11.3 Å². The van der Waals surface area contributed by atoms with Crippen molar-refractivity contribution in [3.63, 3.8) is 0 Å². The predicted molar refractivity (Wildman–Crippen MR) is 139 cm³/mol. The lowest BCUT2D eigenvalue weighted by Gasteiger charge is -2.31. The van der Waals surface area contributed by atoms with Gasteiger partial charge in [-0.15, -0.1) is 0 Å². The first kappa shape index (κ1) is 26.7. The molecule has 2 heterocycles. The Morgan fingerprint density at radius 3 is 2.41 bits per heavy atom. The van der Waals surface area contributed by atoms with Gasteiger partial charge in [-0.3, -0.25) is 4.79 Å². The molecule has 0 radical (unpaired) electrons. The van der Waals surface area contributed by atoms with Gasteiger partial charge in [-0.1, -0.05) is 64.2 Å². The van der Waals surface area contributed by atoms with Gasteiger partial charge in [0.15, 0.2) is 5.78 Å². The molecule has 1 aliphatic heterocycles. The predicted octanol–water partition coefficient (Wildman–Crippen LogP) is 6.32. The number of aryl methyl sites for hydroxylation is 3. The van der Waals surface area contributed by atoms with Gasteiger partial charge in [0.2, 0.25) is 10.0 Å². The van der Waals surface area contributed by atoms with Crippen molar-refractivity contribution in [2.75, 3.05) is 13.1 Å². The summed E-state index contributed by atoms with van der Waals surface area (Å²) >= 11 is 0. The van der Waals surface area contributed by atoms with Crippen LogP contribution in [0.15, 0.2) is 35.2 Å². The van der Waals surface area contributed by atoms with E-state index in [-0.39, 0.29) is 11.7 Å². The highest BCUT2D eigenvalue weighted by atomic mass is 32.2. The van der Waals surface area contributed by atoms with Crippen LogP contribution in [0, 0.1) is 18.8 Å². The number of aromatic nitrogens is 1. The number of nitrogens with one attached hydrogen (secondary N) is 1. The third-order valence-corrected chi connectivity index (χ3v) is 9.23. The number of aromatic amines is 1. The van der Waals surface area contributed by atoms with Gasteiger partial charge in [-0.2, -0.15) is 4.31 Å². The highest BCUT2D eigenvalue weighted by Gasteiger charge is 2.29. The molecule has 1 aliphatic rings. The number of hydrogen-bond acceptors (Lipinski definition) is 3. The van der Waals surface area contributed by atoms with Crippen LogP contribution >= 0.6 is 0 Å². The van der Waals surface area contributed by atoms with Crippen LogP contribution in [0.1, 0.15) is 93.0 Å². The molecule has 0 bridgehead atoms. The minimum Gasteiger partial charge on any atom is -0.356 e. The van der Waals surface area contributed by atoms with Crippen LogP contribution in [0.2, 0.25) is 0 Å². The Labute approximate surface area is 206 Å². The molecule has 2 aromatic rings. The number of hydrogen-bond donors (Lipinski definition) is 1. The van der Waals surface area contributed by atoms with E-state index in [1.54, 1.807) is 16.4 Å². The van der Waals surface area contributed by atoms with Crippen LogP contribution in [0.25, 0.3) is 0 Å². The van der Waals surface area contributed by atoms with Gasteiger partial charge in [0.1, 0.15) is 0 Å². The first-order valence-electron chi connectivity index (χ1n) is 13.1. The summed E-state index contributed by atoms with van der Waals surface area (Å²) in [6.07, 6.45) is 9.02. The summed E-state index contributed by atoms with van der Waals surface area (Å²) in [5.41, 5.74) is 4.33. The van der Waals surface area contributed by atoms with Crippen LogP contribution in [-0.2, 0) is 22.9 Å². The van der Waals surface area contributed by atoms with Crippen molar-refractivity contribution in [1.82, 2.24) is 9.29 Å². The maximum absolute atomic E-state index is 12.9. The van der Waals surface area contributed by atoms with Crippen LogP contribution in [-0.4, -0.2) is 36.6 Å². The maximum atomic E-state index is 12.9. The third-order valence-electron chi connectivity index (χ3n) is 7.32. The minimum atomic E-state index is -3.39. The number of benzene rings is 1. The van der Waals surface area contributed by atoms with E-state index in [2.05, 4.69) is 24.9 Å². The zero-order chi connectivity index (χ0) is 24.7. The lowest BCUT2D eigenvalue weighted by atomic mass is 9.90. The van der Waals surface area contributed by atoms with E-state index in [4.69, 9.17) is 0 Å². The van der Waals surface area contributed by atoms with E-state index in [1.807, 2.05) is 26.0 Å². The van der Waals surface area contributed by atoms with Gasteiger partial charge < -0.3 is 4.98 Å². The Kier molecular flexibility index (Phi) is 9.55. The summed E-state index contributed by atoms with van der Waals surface area (Å²) in [6, 6.07) is 9.19. The number of nitrogens with zero attached hydrogens (tertiary/aromatic N) is 1. The second kappa shape index (κ2) is 12.2. The number of sulfonamides is 1. The number of unbranched alkanes of at least 4 members (excludes halogenated alkanes) is 1. The number of rotatable bonds is 12. The molecule has 1 N–H and O–H groups in total. The molecule has 188 valence electrons. The SMILES string of the molecule is CCCc1[nH]c(C(=O)C(C)CCCCC2CCN(S(=O)(=O)c3ccc(C)cc3)CC2)cc1CC. The van der Waals surface area contributed by atoms with Crippen molar-refractivity contribution < 1.29 is 13.2 Å². The molecule has 0 amide bonds. The van der Waals surface area contributed by atoms with Crippen molar-refractivity contribution in [3.8, 4) is 0 Å². The van der Waals surface area contributed by atoms with Crippen molar-refractivity contribution in [1.29, 1.82) is 0 Å². The topological polar surface area (TPSA) is 70.2 Å². The van der Waals surface area contributed by atoms with E-state index >= 15 is 0 Å². The molecule has 1 atom stereocenters. The van der Waals surface area contributed by atoms with Crippen molar-refractivity contribution in [3.05, 3.63) is 52.8 Å². The van der Waals surface area contributed by atoms with E-state index < -0.39 is 10.0 Å². The van der Waals surface area contributed by atoms with Gasteiger partial charge in [-0.25, -0.2) is 8.42 Å². The molecule has 1 aromatic carbocycles. The lowest BCUT2D eigenvalue weighted by Crippen LogP contribution is -2.38. The zero-order valence-electron chi connectivity index (χ0n) is 21.4. The molecule has 1 aromatic heterocycles. The number of piperidine rings is 1. The van der Waals surface area contributed by atoms with E-state index in [0.717, 1.165) is 69.0 Å². The quantitative estimate of drug-likeness (QED) is 0.282. The summed E-state index contributed by atoms with van der Waals surface area (Å²) in [5.74, 6) is 0.827. The fourth-order valence-corrected chi connectivity index (χ4v) is 6.51. The number of carbonyl (C=O) groups is 1. The standard InChI is InChI=1S/C28H42N2O3S/c1-5-9-26-24(6-2)20-27(29-26)28(31)22(4)10-7-8-11-23-16-18-30(19-17-23)34(32,33)25-14-12-21(3)13-15-25/h12-15,20,22-23,29H,5-11,16-19H2,1-4H3. The minimum absolute atomic E-state index is 0.0272. The molecule has 6 heteroatoms. The van der Waals surface area contributed by atoms with Crippen LogP contribution in [0.3, 0.4) is 0 Å². The molecule has 0 saturated carbocycles. The molecule has 5 nitrogen and oxygen atoms in total. The lowest BCUT2D eigenvalue weighted by molar-refractivity contribution is 0.0917. The van der Waals surface area contributed by atoms with Gasteiger partial charge >= 0.3 is 0 Å². The van der Waals surface area contributed by atoms with E-state index in [0.29, 0.717) is 23.9 Å². The molecular weight excluding hydrogens is 444 g/mol. The fourth-order valence-electron chi connectivity index (χ4n) is 5.04.